The van der Waals surface area contributed by atoms with Gasteiger partial charge in [0.05, 0.1) is 0 Å². The minimum atomic E-state index is -4.89. The van der Waals surface area contributed by atoms with Gasteiger partial charge < -0.3 is 21.7 Å². The fraction of sp³-hybridized carbons (Fsp3) is 0. The maximum atomic E-state index is 10.5. The topological polar surface area (TPSA) is 162 Å². The average molecular weight is 332 g/mol. The molecule has 108 valence electrons. The minimum absolute atomic E-state index is 0.491. The van der Waals surface area contributed by atoms with Gasteiger partial charge in [-0.3, -0.25) is 4.55 Å². The molecule has 10 nitrogen and oxygen atoms in total. The van der Waals surface area contributed by atoms with Crippen LogP contribution in [0.25, 0.3) is 0 Å². The van der Waals surface area contributed by atoms with Crippen molar-refractivity contribution < 1.29 is 43.0 Å². The molecule has 1 rings (SSSR count). The molecule has 0 aromatic heterocycles. The van der Waals surface area contributed by atoms with E-state index in [2.05, 4.69) is 12.5 Å². The molecule has 0 amide bonds. The van der Waals surface area contributed by atoms with Gasteiger partial charge in [0.15, 0.2) is 5.75 Å². The summed E-state index contributed by atoms with van der Waals surface area (Å²) in [6.45, 7) is 0. The third-order valence-electron chi connectivity index (χ3n) is 1.38. The van der Waals surface area contributed by atoms with Crippen molar-refractivity contribution in [1.29, 1.82) is 0 Å². The molecule has 0 bridgehead atoms. The molecule has 0 aliphatic rings. The number of benzene rings is 1. The molecule has 0 aliphatic carbocycles. The van der Waals surface area contributed by atoms with Crippen LogP contribution in [0.4, 0.5) is 0 Å². The molecule has 0 spiro atoms. The summed E-state index contributed by atoms with van der Waals surface area (Å²) >= 11 is -5.99. The molecule has 0 heterocycles. The third kappa shape index (κ3) is 6.46. The molecular weight excluding hydrogens is 328 g/mol. The van der Waals surface area contributed by atoms with Gasteiger partial charge in [0, 0.05) is 18.2 Å². The van der Waals surface area contributed by atoms with Crippen molar-refractivity contribution in [2.45, 2.75) is 0 Å². The van der Waals surface area contributed by atoms with E-state index in [1.807, 2.05) is 0 Å². The largest absolute Gasteiger partial charge is 0.740 e. The second-order valence-electron chi connectivity index (χ2n) is 2.73. The average Bonchev–Trinajstić information content (AvgIpc) is 2.10. The molecule has 13 heteroatoms. The molecule has 0 radical (unpaired) electrons. The van der Waals surface area contributed by atoms with Gasteiger partial charge in [-0.05, 0) is 0 Å². The van der Waals surface area contributed by atoms with E-state index in [1.54, 1.807) is 0 Å². The summed E-state index contributed by atoms with van der Waals surface area (Å²) in [6.07, 6.45) is 0. The van der Waals surface area contributed by atoms with Crippen molar-refractivity contribution in [2.24, 2.45) is 0 Å². The number of hydrogen-bond donors (Lipinski definition) is 1. The fourth-order valence-corrected chi connectivity index (χ4v) is 1.81. The minimum Gasteiger partial charge on any atom is -0.740 e. The van der Waals surface area contributed by atoms with Crippen LogP contribution in [0.5, 0.6) is 17.2 Å². The highest BCUT2D eigenvalue weighted by atomic mass is 32.3. The Hall–Kier alpha value is -1.25. The lowest BCUT2D eigenvalue weighted by molar-refractivity contribution is 0.385. The van der Waals surface area contributed by atoms with Gasteiger partial charge in [0.1, 0.15) is 34.2 Å². The smallest absolute Gasteiger partial charge is 0.446 e. The second kappa shape index (κ2) is 6.27. The molecule has 0 aliphatic heterocycles. The Kier molecular flexibility index (Phi) is 5.21. The van der Waals surface area contributed by atoms with Crippen molar-refractivity contribution in [1.82, 2.24) is 0 Å². The first-order chi connectivity index (χ1) is 8.65. The Morgan fingerprint density at radius 3 is 1.63 bits per heavy atom. The maximum Gasteiger partial charge on any atom is 0.446 e. The Bertz CT molecular complexity index is 573. The van der Waals surface area contributed by atoms with Gasteiger partial charge in [0.25, 0.3) is 0 Å². The van der Waals surface area contributed by atoms with Crippen molar-refractivity contribution in [3.63, 3.8) is 0 Å². The Balaban J connectivity index is 3.15. The van der Waals surface area contributed by atoms with Crippen LogP contribution in [0.2, 0.25) is 0 Å². The SMILES string of the molecule is O=S([O-])Oc1cc(OS(=O)[O-])cc(OS(=O)(=O)O)c1. The van der Waals surface area contributed by atoms with Gasteiger partial charge in [-0.15, -0.1) is 0 Å². The van der Waals surface area contributed by atoms with Crippen LogP contribution in [0.15, 0.2) is 18.2 Å². The molecule has 1 N–H and O–H groups in total. The standard InChI is InChI=1S/C6H6O10S3/c7-17(8)14-4-1-5(15-18(9)10)3-6(2-4)16-19(11,12)13/h1-3H,(H,7,8)(H,9,10)(H,11,12,13)/p-2. The van der Waals surface area contributed by atoms with Crippen LogP contribution >= 0.6 is 0 Å². The number of rotatable bonds is 6. The van der Waals surface area contributed by atoms with Crippen molar-refractivity contribution >= 4 is 33.1 Å². The first-order valence-electron chi connectivity index (χ1n) is 4.03. The molecule has 0 saturated heterocycles. The molecular formula is C6H4O10S3-2. The van der Waals surface area contributed by atoms with E-state index < -0.39 is 50.4 Å². The van der Waals surface area contributed by atoms with Crippen LogP contribution in [0.1, 0.15) is 0 Å². The summed E-state index contributed by atoms with van der Waals surface area (Å²) in [4.78, 5) is 0. The monoisotopic (exact) mass is 332 g/mol. The third-order valence-corrected chi connectivity index (χ3v) is 2.44. The quantitative estimate of drug-likeness (QED) is 0.516. The highest BCUT2D eigenvalue weighted by Crippen LogP contribution is 2.29. The van der Waals surface area contributed by atoms with Crippen LogP contribution in [0.3, 0.4) is 0 Å². The van der Waals surface area contributed by atoms with Crippen LogP contribution in [0, 0.1) is 0 Å². The highest BCUT2D eigenvalue weighted by molar-refractivity contribution is 7.81. The fourth-order valence-electron chi connectivity index (χ4n) is 0.969. The van der Waals surface area contributed by atoms with Crippen molar-refractivity contribution in [3.8, 4) is 17.2 Å². The lowest BCUT2D eigenvalue weighted by atomic mass is 10.3. The summed E-state index contributed by atoms with van der Waals surface area (Å²) < 4.78 is 83.0. The molecule has 2 atom stereocenters. The first kappa shape index (κ1) is 15.8. The van der Waals surface area contributed by atoms with Crippen molar-refractivity contribution in [3.05, 3.63) is 18.2 Å². The van der Waals surface area contributed by atoms with Crippen LogP contribution in [-0.2, 0) is 33.1 Å². The van der Waals surface area contributed by atoms with E-state index in [4.69, 9.17) is 4.55 Å². The number of hydrogen-bond acceptors (Lipinski definition) is 9. The van der Waals surface area contributed by atoms with E-state index >= 15 is 0 Å². The van der Waals surface area contributed by atoms with Crippen molar-refractivity contribution in [2.75, 3.05) is 0 Å². The van der Waals surface area contributed by atoms with E-state index in [1.165, 1.54) is 0 Å². The van der Waals surface area contributed by atoms with Crippen LogP contribution in [-0.4, -0.2) is 30.5 Å². The highest BCUT2D eigenvalue weighted by Gasteiger charge is 2.11. The Morgan fingerprint density at radius 2 is 1.32 bits per heavy atom. The predicted octanol–water partition coefficient (Wildman–Crippen LogP) is -0.786. The first-order valence-corrected chi connectivity index (χ1v) is 7.39. The summed E-state index contributed by atoms with van der Waals surface area (Å²) in [5.41, 5.74) is 0. The molecule has 19 heavy (non-hydrogen) atoms. The summed E-state index contributed by atoms with van der Waals surface area (Å²) in [7, 11) is -4.89. The molecule has 0 saturated carbocycles. The normalized spacial score (nSPS) is 14.5. The maximum absolute atomic E-state index is 10.5. The van der Waals surface area contributed by atoms with Gasteiger partial charge >= 0.3 is 10.4 Å². The zero-order valence-electron chi connectivity index (χ0n) is 8.58. The zero-order chi connectivity index (χ0) is 14.6. The summed E-state index contributed by atoms with van der Waals surface area (Å²) in [5, 5.41) is 0. The lowest BCUT2D eigenvalue weighted by Crippen LogP contribution is -2.07. The van der Waals surface area contributed by atoms with E-state index in [9.17, 15) is 25.9 Å². The van der Waals surface area contributed by atoms with Gasteiger partial charge in [-0.25, -0.2) is 8.42 Å². The van der Waals surface area contributed by atoms with Gasteiger partial charge in [-0.2, -0.15) is 8.42 Å². The van der Waals surface area contributed by atoms with E-state index in [0.29, 0.717) is 0 Å². The molecule has 1 aromatic carbocycles. The van der Waals surface area contributed by atoms with E-state index in [0.717, 1.165) is 18.2 Å². The molecule has 2 unspecified atom stereocenters. The Morgan fingerprint density at radius 1 is 0.947 bits per heavy atom. The van der Waals surface area contributed by atoms with Gasteiger partial charge in [-0.1, -0.05) is 0 Å². The van der Waals surface area contributed by atoms with Gasteiger partial charge in [0.2, 0.25) is 0 Å². The summed E-state index contributed by atoms with van der Waals surface area (Å²) in [5.74, 6) is -1.60. The molecule has 1 aromatic rings. The van der Waals surface area contributed by atoms with E-state index in [-0.39, 0.29) is 0 Å². The predicted molar refractivity (Wildman–Crippen MR) is 57.7 cm³/mol. The molecule has 0 fully saturated rings. The summed E-state index contributed by atoms with van der Waals surface area (Å²) in [6, 6.07) is 2.37. The second-order valence-corrected chi connectivity index (χ2v) is 4.90. The lowest BCUT2D eigenvalue weighted by Gasteiger charge is -2.12. The Labute approximate surface area is 112 Å². The van der Waals surface area contributed by atoms with Crippen LogP contribution < -0.4 is 12.5 Å². The zero-order valence-corrected chi connectivity index (χ0v) is 11.0.